The predicted molar refractivity (Wildman–Crippen MR) is 43.6 cm³/mol. The minimum atomic E-state index is -2.71. The fraction of sp³-hybridized carbons (Fsp3) is 0.625. The van der Waals surface area contributed by atoms with Gasteiger partial charge in [0.15, 0.2) is 0 Å². The maximum Gasteiger partial charge on any atom is 0.264 e. The number of hydrogen-bond acceptors (Lipinski definition) is 2. The van der Waals surface area contributed by atoms with E-state index in [9.17, 15) is 8.78 Å². The van der Waals surface area contributed by atoms with E-state index >= 15 is 0 Å². The smallest absolute Gasteiger partial charge is 0.264 e. The van der Waals surface area contributed by atoms with Crippen LogP contribution in [0.4, 0.5) is 8.78 Å². The highest BCUT2D eigenvalue weighted by atomic mass is 19.3. The molecule has 0 spiro atoms. The first-order valence-electron chi connectivity index (χ1n) is 4.11. The Morgan fingerprint density at radius 2 is 2.31 bits per heavy atom. The van der Waals surface area contributed by atoms with Crippen LogP contribution in [0.25, 0.3) is 0 Å². The van der Waals surface area contributed by atoms with Gasteiger partial charge in [-0.3, -0.25) is 0 Å². The Bertz CT molecular complexity index is 262. The van der Waals surface area contributed by atoms with Crippen molar-refractivity contribution in [1.29, 1.82) is 0 Å². The monoisotopic (exact) mass is 190 g/mol. The summed E-state index contributed by atoms with van der Waals surface area (Å²) in [4.78, 5) is 3.88. The molecule has 0 amide bonds. The van der Waals surface area contributed by atoms with Gasteiger partial charge < -0.3 is 9.67 Å². The second-order valence-corrected chi connectivity index (χ2v) is 2.74. The predicted octanol–water partition coefficient (Wildman–Crippen LogP) is 1.07. The second kappa shape index (κ2) is 4.32. The van der Waals surface area contributed by atoms with Gasteiger partial charge in [-0.1, -0.05) is 0 Å². The Hall–Kier alpha value is -0.970. The van der Waals surface area contributed by atoms with Crippen molar-refractivity contribution in [3.8, 4) is 0 Å². The lowest BCUT2D eigenvalue weighted by atomic mass is 10.2. The van der Waals surface area contributed by atoms with Crippen molar-refractivity contribution in [3.05, 3.63) is 18.2 Å². The van der Waals surface area contributed by atoms with E-state index in [2.05, 4.69) is 4.98 Å². The number of alkyl halides is 2. The number of halogens is 2. The summed E-state index contributed by atoms with van der Waals surface area (Å²) in [6, 6.07) is 0. The second-order valence-electron chi connectivity index (χ2n) is 2.74. The van der Waals surface area contributed by atoms with Crippen molar-refractivity contribution in [3.63, 3.8) is 0 Å². The lowest BCUT2D eigenvalue weighted by molar-refractivity contribution is -0.00510. The normalized spacial score (nSPS) is 13.6. The van der Waals surface area contributed by atoms with Crippen LogP contribution in [0.5, 0.6) is 0 Å². The summed E-state index contributed by atoms with van der Waals surface area (Å²) in [5, 5.41) is 8.91. The van der Waals surface area contributed by atoms with E-state index in [1.165, 1.54) is 6.20 Å². The number of imidazole rings is 1. The van der Waals surface area contributed by atoms with Crippen LogP contribution in [-0.4, -0.2) is 27.2 Å². The molecule has 0 aliphatic rings. The molecule has 0 aliphatic heterocycles. The van der Waals surface area contributed by atoms with E-state index in [0.717, 1.165) is 0 Å². The van der Waals surface area contributed by atoms with Gasteiger partial charge in [0, 0.05) is 25.4 Å². The number of hydrogen-bond donors (Lipinski definition) is 1. The molecule has 1 heterocycles. The molecule has 3 nitrogen and oxygen atoms in total. The Labute approximate surface area is 75.0 Å². The van der Waals surface area contributed by atoms with Crippen LogP contribution in [-0.2, 0) is 13.0 Å². The third kappa shape index (κ3) is 2.48. The molecule has 0 saturated heterocycles. The van der Waals surface area contributed by atoms with Gasteiger partial charge in [-0.2, -0.15) is 0 Å². The van der Waals surface area contributed by atoms with Crippen LogP contribution in [0.2, 0.25) is 0 Å². The third-order valence-corrected chi connectivity index (χ3v) is 1.82. The summed E-state index contributed by atoms with van der Waals surface area (Å²) < 4.78 is 25.7. The fourth-order valence-electron chi connectivity index (χ4n) is 1.09. The number of aliphatic hydroxyl groups excluding tert-OH is 1. The van der Waals surface area contributed by atoms with Gasteiger partial charge in [-0.15, -0.1) is 0 Å². The molecule has 0 aliphatic carbocycles. The van der Waals surface area contributed by atoms with Crippen molar-refractivity contribution in [1.82, 2.24) is 9.55 Å². The molecule has 0 bridgehead atoms. The van der Waals surface area contributed by atoms with Gasteiger partial charge >= 0.3 is 0 Å². The molecular formula is C8H12F2N2O. The summed E-state index contributed by atoms with van der Waals surface area (Å²) in [6.45, 7) is 2.56. The van der Waals surface area contributed by atoms with E-state index in [1.807, 2.05) is 6.92 Å². The van der Waals surface area contributed by atoms with Crippen molar-refractivity contribution < 1.29 is 13.9 Å². The van der Waals surface area contributed by atoms with E-state index in [1.54, 1.807) is 10.8 Å². The Morgan fingerprint density at radius 1 is 1.62 bits per heavy atom. The first kappa shape index (κ1) is 10.1. The number of rotatable bonds is 4. The maximum atomic E-state index is 12.0. The number of aliphatic hydroxyl groups is 1. The maximum absolute atomic E-state index is 12.0. The van der Waals surface area contributed by atoms with E-state index in [4.69, 9.17) is 5.11 Å². The van der Waals surface area contributed by atoms with Crippen LogP contribution >= 0.6 is 0 Å². The Balaban J connectivity index is 2.62. The quantitative estimate of drug-likeness (QED) is 0.771. The zero-order chi connectivity index (χ0) is 9.84. The summed E-state index contributed by atoms with van der Waals surface area (Å²) in [7, 11) is 0. The van der Waals surface area contributed by atoms with E-state index in [-0.39, 0.29) is 6.42 Å². The molecule has 1 aromatic rings. The van der Waals surface area contributed by atoms with Crippen molar-refractivity contribution in [2.24, 2.45) is 0 Å². The lowest BCUT2D eigenvalue weighted by Crippen LogP contribution is -2.22. The molecule has 1 atom stereocenters. The van der Waals surface area contributed by atoms with Gasteiger partial charge in [0.1, 0.15) is 11.9 Å². The molecule has 1 N–H and O–H groups in total. The molecule has 13 heavy (non-hydrogen) atoms. The van der Waals surface area contributed by atoms with Crippen LogP contribution in [0.15, 0.2) is 12.4 Å². The third-order valence-electron chi connectivity index (χ3n) is 1.82. The SMILES string of the molecule is CCn1ccnc1CC(O)C(F)F. The zero-order valence-electron chi connectivity index (χ0n) is 7.32. The van der Waals surface area contributed by atoms with Crippen LogP contribution in [0.1, 0.15) is 12.7 Å². The molecule has 0 radical (unpaired) electrons. The Kier molecular flexibility index (Phi) is 3.36. The highest BCUT2D eigenvalue weighted by Gasteiger charge is 2.19. The summed E-state index contributed by atoms with van der Waals surface area (Å²) in [6.07, 6.45) is -1.18. The summed E-state index contributed by atoms with van der Waals surface area (Å²) in [5.74, 6) is 0.496. The van der Waals surface area contributed by atoms with Gasteiger partial charge in [0.25, 0.3) is 6.43 Å². The van der Waals surface area contributed by atoms with Crippen molar-refractivity contribution in [2.75, 3.05) is 0 Å². The first-order chi connectivity index (χ1) is 6.15. The summed E-state index contributed by atoms with van der Waals surface area (Å²) in [5.41, 5.74) is 0. The molecule has 1 aromatic heterocycles. The molecule has 5 heteroatoms. The highest BCUT2D eigenvalue weighted by molar-refractivity contribution is 4.94. The zero-order valence-corrected chi connectivity index (χ0v) is 7.32. The number of nitrogens with zero attached hydrogens (tertiary/aromatic N) is 2. The standard InChI is InChI=1S/C8H12F2N2O/c1-2-12-4-3-11-7(12)5-6(13)8(9)10/h3-4,6,8,13H,2,5H2,1H3. The molecule has 0 aromatic carbocycles. The Morgan fingerprint density at radius 3 is 2.85 bits per heavy atom. The molecule has 1 rings (SSSR count). The van der Waals surface area contributed by atoms with Crippen molar-refractivity contribution >= 4 is 0 Å². The highest BCUT2D eigenvalue weighted by Crippen LogP contribution is 2.08. The van der Waals surface area contributed by atoms with Crippen molar-refractivity contribution in [2.45, 2.75) is 32.4 Å². The first-order valence-corrected chi connectivity index (χ1v) is 4.11. The fourth-order valence-corrected chi connectivity index (χ4v) is 1.09. The van der Waals surface area contributed by atoms with Gasteiger partial charge in [0.2, 0.25) is 0 Å². The van der Waals surface area contributed by atoms with Gasteiger partial charge in [-0.25, -0.2) is 13.8 Å². The topological polar surface area (TPSA) is 38.0 Å². The van der Waals surface area contributed by atoms with Crippen LogP contribution in [0, 0.1) is 0 Å². The lowest BCUT2D eigenvalue weighted by Gasteiger charge is -2.09. The number of aromatic nitrogens is 2. The minimum Gasteiger partial charge on any atom is -0.387 e. The molecule has 0 fully saturated rings. The molecule has 0 saturated carbocycles. The van der Waals surface area contributed by atoms with Gasteiger partial charge in [0.05, 0.1) is 0 Å². The summed E-state index contributed by atoms with van der Waals surface area (Å²) >= 11 is 0. The van der Waals surface area contributed by atoms with Crippen LogP contribution < -0.4 is 0 Å². The number of aryl methyl sites for hydroxylation is 1. The minimum absolute atomic E-state index is 0.0987. The van der Waals surface area contributed by atoms with E-state index < -0.39 is 12.5 Å². The molecular weight excluding hydrogens is 178 g/mol. The largest absolute Gasteiger partial charge is 0.387 e. The molecule has 1 unspecified atom stereocenters. The van der Waals surface area contributed by atoms with E-state index in [0.29, 0.717) is 12.4 Å². The average Bonchev–Trinajstić information content (AvgIpc) is 2.51. The van der Waals surface area contributed by atoms with Crippen LogP contribution in [0.3, 0.4) is 0 Å². The average molecular weight is 190 g/mol. The molecule has 74 valence electrons. The van der Waals surface area contributed by atoms with Gasteiger partial charge in [-0.05, 0) is 6.92 Å².